The number of aliphatic hydroxyl groups excluding tert-OH is 1. The van der Waals surface area contributed by atoms with Crippen LogP contribution in [0.25, 0.3) is 0 Å². The number of rotatable bonds is 8. The number of aliphatic hydroxyl groups is 1. The Morgan fingerprint density at radius 3 is 2.27 bits per heavy atom. The summed E-state index contributed by atoms with van der Waals surface area (Å²) in [5, 5.41) is 9.21. The van der Waals surface area contributed by atoms with Crippen molar-refractivity contribution in [2.24, 2.45) is 0 Å². The molecule has 7 heteroatoms. The van der Waals surface area contributed by atoms with Gasteiger partial charge in [-0.3, -0.25) is 4.79 Å². The third-order valence-corrected chi connectivity index (χ3v) is 5.31. The van der Waals surface area contributed by atoms with Crippen molar-refractivity contribution >= 4 is 15.9 Å². The van der Waals surface area contributed by atoms with Crippen LogP contribution >= 0.6 is 0 Å². The third kappa shape index (κ3) is 5.39. The molecule has 0 saturated carbocycles. The lowest BCUT2D eigenvalue weighted by Gasteiger charge is -2.21. The highest BCUT2D eigenvalue weighted by atomic mass is 32.2. The molecule has 1 unspecified atom stereocenters. The van der Waals surface area contributed by atoms with E-state index in [9.17, 15) is 18.3 Å². The van der Waals surface area contributed by atoms with Gasteiger partial charge in [-0.05, 0) is 43.7 Å². The minimum Gasteiger partial charge on any atom is -0.392 e. The first-order chi connectivity index (χ1) is 12.3. The van der Waals surface area contributed by atoms with Crippen LogP contribution in [0.15, 0.2) is 59.5 Å². The molecule has 140 valence electrons. The Hall–Kier alpha value is -2.22. The number of hydrogen-bond donors (Lipinski definition) is 2. The van der Waals surface area contributed by atoms with Crippen molar-refractivity contribution in [3.8, 4) is 0 Å². The molecule has 1 atom stereocenters. The summed E-state index contributed by atoms with van der Waals surface area (Å²) in [6.45, 7) is 4.37. The van der Waals surface area contributed by atoms with Gasteiger partial charge in [0, 0.05) is 25.2 Å². The van der Waals surface area contributed by atoms with Crippen LogP contribution in [-0.2, 0) is 16.6 Å². The highest BCUT2D eigenvalue weighted by Crippen LogP contribution is 2.14. The largest absolute Gasteiger partial charge is 0.392 e. The monoisotopic (exact) mass is 376 g/mol. The van der Waals surface area contributed by atoms with Gasteiger partial charge in [0.2, 0.25) is 10.0 Å². The van der Waals surface area contributed by atoms with Gasteiger partial charge in [0.05, 0.1) is 11.0 Å². The molecular formula is C19H24N2O4S. The quantitative estimate of drug-likeness (QED) is 0.738. The predicted molar refractivity (Wildman–Crippen MR) is 100 cm³/mol. The Morgan fingerprint density at radius 1 is 1.12 bits per heavy atom. The second-order valence-electron chi connectivity index (χ2n) is 6.03. The highest BCUT2D eigenvalue weighted by molar-refractivity contribution is 7.89. The van der Waals surface area contributed by atoms with Crippen molar-refractivity contribution in [2.75, 3.05) is 13.1 Å². The molecule has 6 nitrogen and oxygen atoms in total. The first-order valence-electron chi connectivity index (χ1n) is 8.44. The summed E-state index contributed by atoms with van der Waals surface area (Å²) < 4.78 is 26.6. The van der Waals surface area contributed by atoms with Gasteiger partial charge in [-0.15, -0.1) is 0 Å². The van der Waals surface area contributed by atoms with E-state index in [-0.39, 0.29) is 17.3 Å². The maximum absolute atomic E-state index is 12.7. The van der Waals surface area contributed by atoms with Gasteiger partial charge in [0.1, 0.15) is 0 Å². The van der Waals surface area contributed by atoms with E-state index in [1.807, 2.05) is 37.3 Å². The summed E-state index contributed by atoms with van der Waals surface area (Å²) in [7, 11) is -3.71. The molecule has 2 aromatic rings. The van der Waals surface area contributed by atoms with Crippen molar-refractivity contribution in [3.05, 3.63) is 65.7 Å². The van der Waals surface area contributed by atoms with Gasteiger partial charge in [0.15, 0.2) is 0 Å². The number of sulfonamides is 1. The minimum absolute atomic E-state index is 0.0563. The molecule has 1 amide bonds. The van der Waals surface area contributed by atoms with Crippen LogP contribution < -0.4 is 4.72 Å². The van der Waals surface area contributed by atoms with Crippen LogP contribution in [0.3, 0.4) is 0 Å². The molecule has 26 heavy (non-hydrogen) atoms. The zero-order valence-corrected chi connectivity index (χ0v) is 15.7. The molecule has 2 rings (SSSR count). The topological polar surface area (TPSA) is 86.7 Å². The summed E-state index contributed by atoms with van der Waals surface area (Å²) >= 11 is 0. The Labute approximate surface area is 154 Å². The summed E-state index contributed by atoms with van der Waals surface area (Å²) in [6, 6.07) is 15.5. The van der Waals surface area contributed by atoms with Crippen molar-refractivity contribution in [3.63, 3.8) is 0 Å². The Kier molecular flexibility index (Phi) is 6.90. The summed E-state index contributed by atoms with van der Waals surface area (Å²) in [5.41, 5.74) is 1.46. The second-order valence-corrected chi connectivity index (χ2v) is 7.80. The van der Waals surface area contributed by atoms with Crippen molar-refractivity contribution in [1.82, 2.24) is 9.62 Å². The molecule has 2 aromatic carbocycles. The van der Waals surface area contributed by atoms with Crippen LogP contribution in [0.4, 0.5) is 0 Å². The van der Waals surface area contributed by atoms with Crippen LogP contribution in [-0.4, -0.2) is 43.5 Å². The van der Waals surface area contributed by atoms with Crippen LogP contribution in [0.5, 0.6) is 0 Å². The standard InChI is InChI=1S/C19H24N2O4S/c1-3-21(14-16-7-5-4-6-8-16)19(23)17-9-11-18(12-10-17)26(24,25)20-13-15(2)22/h4-12,15,20,22H,3,13-14H2,1-2H3. The minimum atomic E-state index is -3.71. The summed E-state index contributed by atoms with van der Waals surface area (Å²) in [5.74, 6) is -0.155. The van der Waals surface area contributed by atoms with Crippen molar-refractivity contribution in [1.29, 1.82) is 0 Å². The van der Waals surface area contributed by atoms with E-state index in [1.54, 1.807) is 4.90 Å². The van der Waals surface area contributed by atoms with Gasteiger partial charge in [-0.25, -0.2) is 13.1 Å². The maximum Gasteiger partial charge on any atom is 0.254 e. The van der Waals surface area contributed by atoms with Crippen molar-refractivity contribution < 1.29 is 18.3 Å². The zero-order chi connectivity index (χ0) is 19.2. The highest BCUT2D eigenvalue weighted by Gasteiger charge is 2.18. The third-order valence-electron chi connectivity index (χ3n) is 3.87. The number of carbonyl (C=O) groups is 1. The SMILES string of the molecule is CCN(Cc1ccccc1)C(=O)c1ccc(S(=O)(=O)NCC(C)O)cc1. The number of benzene rings is 2. The average Bonchev–Trinajstić information content (AvgIpc) is 2.65. The van der Waals surface area contributed by atoms with Crippen LogP contribution in [0.1, 0.15) is 29.8 Å². The molecule has 0 aliphatic carbocycles. The normalized spacial score (nSPS) is 12.6. The number of hydrogen-bond acceptors (Lipinski definition) is 4. The molecule has 0 radical (unpaired) electrons. The van der Waals surface area contributed by atoms with Gasteiger partial charge in [-0.1, -0.05) is 30.3 Å². The molecule has 0 aliphatic rings. The van der Waals surface area contributed by atoms with Gasteiger partial charge >= 0.3 is 0 Å². The molecule has 0 heterocycles. The molecule has 0 spiro atoms. The van der Waals surface area contributed by atoms with E-state index in [1.165, 1.54) is 31.2 Å². The lowest BCUT2D eigenvalue weighted by molar-refractivity contribution is 0.0752. The first kappa shape index (κ1) is 20.1. The molecule has 0 bridgehead atoms. The van der Waals surface area contributed by atoms with E-state index in [2.05, 4.69) is 4.72 Å². The maximum atomic E-state index is 12.7. The Balaban J connectivity index is 2.12. The summed E-state index contributed by atoms with van der Waals surface area (Å²) in [4.78, 5) is 14.4. The van der Waals surface area contributed by atoms with Crippen molar-refractivity contribution in [2.45, 2.75) is 31.4 Å². The number of amides is 1. The van der Waals surface area contributed by atoms with Gasteiger partial charge in [0.25, 0.3) is 5.91 Å². The van der Waals surface area contributed by atoms with Crippen LogP contribution in [0.2, 0.25) is 0 Å². The molecule has 0 aliphatic heterocycles. The molecule has 0 aromatic heterocycles. The van der Waals surface area contributed by atoms with E-state index in [0.29, 0.717) is 18.7 Å². The van der Waals surface area contributed by atoms with E-state index in [4.69, 9.17) is 0 Å². The molecule has 2 N–H and O–H groups in total. The van der Waals surface area contributed by atoms with E-state index >= 15 is 0 Å². The number of carbonyl (C=O) groups excluding carboxylic acids is 1. The van der Waals surface area contributed by atoms with E-state index in [0.717, 1.165) is 5.56 Å². The summed E-state index contributed by atoms with van der Waals surface area (Å²) in [6.07, 6.45) is -0.776. The molecule has 0 saturated heterocycles. The number of nitrogens with one attached hydrogen (secondary N) is 1. The van der Waals surface area contributed by atoms with E-state index < -0.39 is 16.1 Å². The second kappa shape index (κ2) is 8.93. The fourth-order valence-corrected chi connectivity index (χ4v) is 3.53. The zero-order valence-electron chi connectivity index (χ0n) is 14.9. The molecular weight excluding hydrogens is 352 g/mol. The van der Waals surface area contributed by atoms with Gasteiger partial charge < -0.3 is 10.0 Å². The van der Waals surface area contributed by atoms with Gasteiger partial charge in [-0.2, -0.15) is 0 Å². The van der Waals surface area contributed by atoms with Crippen LogP contribution in [0, 0.1) is 0 Å². The fourth-order valence-electron chi connectivity index (χ4n) is 2.40. The predicted octanol–water partition coefficient (Wildman–Crippen LogP) is 2.01. The average molecular weight is 376 g/mol. The first-order valence-corrected chi connectivity index (χ1v) is 9.92. The lowest BCUT2D eigenvalue weighted by Crippen LogP contribution is -2.31. The fraction of sp³-hybridized carbons (Fsp3) is 0.316. The Morgan fingerprint density at radius 2 is 1.73 bits per heavy atom. The smallest absolute Gasteiger partial charge is 0.254 e. The molecule has 0 fully saturated rings. The number of nitrogens with zero attached hydrogens (tertiary/aromatic N) is 1. The lowest BCUT2D eigenvalue weighted by atomic mass is 10.1. The Bertz CT molecular complexity index is 818.